The first-order chi connectivity index (χ1) is 7.70. The summed E-state index contributed by atoms with van der Waals surface area (Å²) in [5.74, 6) is 0.0250. The summed E-state index contributed by atoms with van der Waals surface area (Å²) in [6.45, 7) is 2.44. The van der Waals surface area contributed by atoms with Gasteiger partial charge in [-0.2, -0.15) is 5.10 Å². The third-order valence-corrected chi connectivity index (χ3v) is 2.41. The Balaban J connectivity index is 2.19. The summed E-state index contributed by atoms with van der Waals surface area (Å²) in [6.07, 6.45) is 0.416. The largest absolute Gasteiger partial charge is 0.380 e. The zero-order valence-corrected chi connectivity index (χ0v) is 9.43. The van der Waals surface area contributed by atoms with Gasteiger partial charge in [0.2, 0.25) is 0 Å². The van der Waals surface area contributed by atoms with Crippen LogP contribution in [0.15, 0.2) is 29.4 Å². The second-order valence-corrected chi connectivity index (χ2v) is 3.82. The number of carbonyl (C=O) groups is 1. The summed E-state index contributed by atoms with van der Waals surface area (Å²) in [7, 11) is 1.66. The lowest BCUT2D eigenvalue weighted by atomic mass is 10.2. The lowest BCUT2D eigenvalue weighted by Gasteiger charge is -2.11. The monoisotopic (exact) mass is 218 g/mol. The van der Waals surface area contributed by atoms with E-state index in [9.17, 15) is 4.79 Å². The summed E-state index contributed by atoms with van der Waals surface area (Å²) in [5.41, 5.74) is 2.74. The van der Waals surface area contributed by atoms with E-state index in [-0.39, 0.29) is 5.91 Å². The number of nitrogens with zero attached hydrogens (tertiary/aromatic N) is 2. The van der Waals surface area contributed by atoms with Crippen molar-refractivity contribution in [1.82, 2.24) is 0 Å². The van der Waals surface area contributed by atoms with Crippen LogP contribution in [-0.4, -0.2) is 18.7 Å². The predicted octanol–water partition coefficient (Wildman–Crippen LogP) is 1.95. The van der Waals surface area contributed by atoms with Gasteiger partial charge in [0.05, 0.1) is 18.7 Å². The first kappa shape index (κ1) is 10.8. The SMILES string of the molecule is COCc1ccc(N2N=C(C)CC2=O)cc1. The van der Waals surface area contributed by atoms with Gasteiger partial charge in [-0.15, -0.1) is 0 Å². The highest BCUT2D eigenvalue weighted by atomic mass is 16.5. The van der Waals surface area contributed by atoms with E-state index in [0.717, 1.165) is 17.0 Å². The Morgan fingerprint density at radius 2 is 2.06 bits per heavy atom. The van der Waals surface area contributed by atoms with Crippen molar-refractivity contribution in [3.63, 3.8) is 0 Å². The smallest absolute Gasteiger partial charge is 0.253 e. The molecule has 1 aromatic rings. The van der Waals surface area contributed by atoms with Gasteiger partial charge < -0.3 is 4.74 Å². The van der Waals surface area contributed by atoms with E-state index in [1.54, 1.807) is 7.11 Å². The molecular weight excluding hydrogens is 204 g/mol. The molecule has 0 spiro atoms. The highest BCUT2D eigenvalue weighted by Crippen LogP contribution is 2.20. The molecule has 0 saturated heterocycles. The highest BCUT2D eigenvalue weighted by Gasteiger charge is 2.22. The third kappa shape index (κ3) is 2.12. The maximum atomic E-state index is 11.6. The summed E-state index contributed by atoms with van der Waals surface area (Å²) >= 11 is 0. The van der Waals surface area contributed by atoms with Crippen LogP contribution in [-0.2, 0) is 16.1 Å². The van der Waals surface area contributed by atoms with Crippen LogP contribution in [0.3, 0.4) is 0 Å². The van der Waals surface area contributed by atoms with Crippen LogP contribution in [0.4, 0.5) is 5.69 Å². The summed E-state index contributed by atoms with van der Waals surface area (Å²) < 4.78 is 5.02. The Kier molecular flexibility index (Phi) is 3.01. The highest BCUT2D eigenvalue weighted by molar-refractivity contribution is 6.12. The Morgan fingerprint density at radius 3 is 2.56 bits per heavy atom. The van der Waals surface area contributed by atoms with E-state index in [2.05, 4.69) is 5.10 Å². The number of anilines is 1. The molecule has 0 bridgehead atoms. The minimum atomic E-state index is 0.0250. The van der Waals surface area contributed by atoms with Crippen LogP contribution in [0.2, 0.25) is 0 Å². The zero-order valence-electron chi connectivity index (χ0n) is 9.43. The van der Waals surface area contributed by atoms with Gasteiger partial charge in [-0.3, -0.25) is 4.79 Å². The quantitative estimate of drug-likeness (QED) is 0.778. The van der Waals surface area contributed by atoms with Gasteiger partial charge >= 0.3 is 0 Å². The van der Waals surface area contributed by atoms with Crippen LogP contribution in [0.1, 0.15) is 18.9 Å². The van der Waals surface area contributed by atoms with Crippen molar-refractivity contribution in [2.75, 3.05) is 12.1 Å². The van der Waals surface area contributed by atoms with Crippen molar-refractivity contribution in [3.8, 4) is 0 Å². The number of hydrazone groups is 1. The van der Waals surface area contributed by atoms with Crippen LogP contribution in [0, 0.1) is 0 Å². The molecular formula is C12H14N2O2. The molecule has 1 aromatic carbocycles. The number of carbonyl (C=O) groups excluding carboxylic acids is 1. The van der Waals surface area contributed by atoms with E-state index in [1.807, 2.05) is 31.2 Å². The van der Waals surface area contributed by atoms with Gasteiger partial charge in [0.25, 0.3) is 5.91 Å². The van der Waals surface area contributed by atoms with E-state index < -0.39 is 0 Å². The molecule has 84 valence electrons. The molecule has 1 amide bonds. The maximum Gasteiger partial charge on any atom is 0.253 e. The zero-order chi connectivity index (χ0) is 11.5. The average molecular weight is 218 g/mol. The van der Waals surface area contributed by atoms with Crippen LogP contribution >= 0.6 is 0 Å². The molecule has 2 rings (SSSR count). The number of benzene rings is 1. The van der Waals surface area contributed by atoms with Crippen molar-refractivity contribution in [2.45, 2.75) is 20.0 Å². The van der Waals surface area contributed by atoms with Crippen molar-refractivity contribution in [3.05, 3.63) is 29.8 Å². The summed E-state index contributed by atoms with van der Waals surface area (Å²) in [5, 5.41) is 5.63. The van der Waals surface area contributed by atoms with Gasteiger partial charge in [0, 0.05) is 12.8 Å². The van der Waals surface area contributed by atoms with Crippen molar-refractivity contribution in [1.29, 1.82) is 0 Å². The number of hydrogen-bond acceptors (Lipinski definition) is 3. The Hall–Kier alpha value is -1.68. The predicted molar refractivity (Wildman–Crippen MR) is 62.4 cm³/mol. The molecule has 4 heteroatoms. The molecule has 0 fully saturated rings. The number of rotatable bonds is 3. The normalized spacial score (nSPS) is 15.5. The Morgan fingerprint density at radius 1 is 1.38 bits per heavy atom. The van der Waals surface area contributed by atoms with Crippen molar-refractivity contribution < 1.29 is 9.53 Å². The molecule has 4 nitrogen and oxygen atoms in total. The first-order valence-corrected chi connectivity index (χ1v) is 5.15. The molecule has 1 aliphatic rings. The van der Waals surface area contributed by atoms with Crippen LogP contribution in [0.5, 0.6) is 0 Å². The van der Waals surface area contributed by atoms with Gasteiger partial charge in [0.1, 0.15) is 0 Å². The molecule has 0 aliphatic carbocycles. The van der Waals surface area contributed by atoms with E-state index in [4.69, 9.17) is 4.74 Å². The number of methoxy groups -OCH3 is 1. The Bertz CT molecular complexity index is 423. The average Bonchev–Trinajstić information content (AvgIpc) is 2.59. The second kappa shape index (κ2) is 4.45. The number of hydrogen-bond donors (Lipinski definition) is 0. The molecule has 0 saturated carbocycles. The van der Waals surface area contributed by atoms with Crippen LogP contribution in [0.25, 0.3) is 0 Å². The van der Waals surface area contributed by atoms with E-state index in [1.165, 1.54) is 5.01 Å². The summed E-state index contributed by atoms with van der Waals surface area (Å²) in [6, 6.07) is 7.65. The van der Waals surface area contributed by atoms with Crippen molar-refractivity contribution >= 4 is 17.3 Å². The van der Waals surface area contributed by atoms with Gasteiger partial charge in [0.15, 0.2) is 0 Å². The molecule has 0 unspecified atom stereocenters. The number of ether oxygens (including phenoxy) is 1. The maximum absolute atomic E-state index is 11.6. The van der Waals surface area contributed by atoms with Gasteiger partial charge in [-0.05, 0) is 24.6 Å². The molecule has 0 N–H and O–H groups in total. The van der Waals surface area contributed by atoms with E-state index >= 15 is 0 Å². The fourth-order valence-electron chi connectivity index (χ4n) is 1.66. The topological polar surface area (TPSA) is 41.9 Å². The molecule has 0 aromatic heterocycles. The van der Waals surface area contributed by atoms with Crippen LogP contribution < -0.4 is 5.01 Å². The fraction of sp³-hybridized carbons (Fsp3) is 0.333. The summed E-state index contributed by atoms with van der Waals surface area (Å²) in [4.78, 5) is 11.6. The molecule has 1 heterocycles. The van der Waals surface area contributed by atoms with Crippen molar-refractivity contribution in [2.24, 2.45) is 5.10 Å². The molecule has 1 aliphatic heterocycles. The minimum absolute atomic E-state index is 0.0250. The lowest BCUT2D eigenvalue weighted by Crippen LogP contribution is -2.19. The minimum Gasteiger partial charge on any atom is -0.380 e. The molecule has 16 heavy (non-hydrogen) atoms. The second-order valence-electron chi connectivity index (χ2n) is 3.82. The van der Waals surface area contributed by atoms with E-state index in [0.29, 0.717) is 13.0 Å². The van der Waals surface area contributed by atoms with Gasteiger partial charge in [-0.1, -0.05) is 12.1 Å². The lowest BCUT2D eigenvalue weighted by molar-refractivity contribution is -0.116. The third-order valence-electron chi connectivity index (χ3n) is 2.41. The number of amides is 1. The van der Waals surface area contributed by atoms with Gasteiger partial charge in [-0.25, -0.2) is 5.01 Å². The standard InChI is InChI=1S/C12H14N2O2/c1-9-7-12(15)14(13-9)11-5-3-10(4-6-11)8-16-2/h3-6H,7-8H2,1-2H3. The molecule has 0 radical (unpaired) electrons. The first-order valence-electron chi connectivity index (χ1n) is 5.15. The Labute approximate surface area is 94.5 Å². The fourth-order valence-corrected chi connectivity index (χ4v) is 1.66. The molecule has 0 atom stereocenters.